The summed E-state index contributed by atoms with van der Waals surface area (Å²) in [6, 6.07) is 6.13. The molecule has 2 bridgehead atoms. The van der Waals surface area contributed by atoms with Crippen molar-refractivity contribution in [2.24, 2.45) is 11.8 Å². The number of likely N-dealkylation sites (tertiary alicyclic amines) is 1. The molecular formula is C32H43N5O6. The minimum atomic E-state index is -1.01. The van der Waals surface area contributed by atoms with E-state index in [1.165, 1.54) is 4.90 Å². The van der Waals surface area contributed by atoms with Crippen LogP contribution >= 0.6 is 0 Å². The van der Waals surface area contributed by atoms with Crippen LogP contribution in [-0.2, 0) is 35.1 Å². The molecule has 0 spiro atoms. The van der Waals surface area contributed by atoms with Crippen molar-refractivity contribution in [3.05, 3.63) is 71.8 Å². The molecule has 43 heavy (non-hydrogen) atoms. The summed E-state index contributed by atoms with van der Waals surface area (Å²) in [5, 5.41) is 11.5. The number of benzene rings is 1. The van der Waals surface area contributed by atoms with Crippen molar-refractivity contribution in [1.29, 1.82) is 0 Å². The molecular weight excluding hydrogens is 550 g/mol. The van der Waals surface area contributed by atoms with E-state index in [1.807, 2.05) is 62.4 Å². The van der Waals surface area contributed by atoms with Crippen LogP contribution in [0, 0.1) is 11.8 Å². The molecule has 6 atom stereocenters. The van der Waals surface area contributed by atoms with Gasteiger partial charge in [0.15, 0.2) is 0 Å². The average Bonchev–Trinajstić information content (AvgIpc) is 3.42. The fourth-order valence-electron chi connectivity index (χ4n) is 5.56. The summed E-state index contributed by atoms with van der Waals surface area (Å²) in [7, 11) is 3.26. The maximum atomic E-state index is 14.1. The maximum absolute atomic E-state index is 14.1. The maximum Gasteiger partial charge on any atom is 0.247 e. The second-order valence-electron chi connectivity index (χ2n) is 11.5. The highest BCUT2D eigenvalue weighted by Crippen LogP contribution is 2.32. The van der Waals surface area contributed by atoms with E-state index in [9.17, 15) is 19.2 Å². The number of carbonyl (C=O) groups is 4. The molecule has 0 saturated carbocycles. The Kier molecular flexibility index (Phi) is 10.6. The number of carbonyl (C=O) groups excluding carboxylic acids is 4. The number of hydrogen-bond acceptors (Lipinski definition) is 7. The molecule has 1 fully saturated rings. The minimum Gasteiger partial charge on any atom is -0.500 e. The summed E-state index contributed by atoms with van der Waals surface area (Å²) in [4.78, 5) is 55.7. The SMILES string of the molecule is CNC(C)C(=O)NC(C(=O)N1CCC2OC3=CC=C(OC)C(/C=C\NC(=O)C(Cc4ccccc4)NC(=O)C21)C3)C(C)C. The molecule has 4 N–H and O–H groups in total. The van der Waals surface area contributed by atoms with Gasteiger partial charge in [0.05, 0.1) is 18.9 Å². The summed E-state index contributed by atoms with van der Waals surface area (Å²) in [6.45, 7) is 5.66. The smallest absolute Gasteiger partial charge is 0.247 e. The molecule has 1 aromatic carbocycles. The van der Waals surface area contributed by atoms with E-state index >= 15 is 0 Å². The van der Waals surface area contributed by atoms with Crippen LogP contribution in [0.4, 0.5) is 0 Å². The fraction of sp³-hybridized carbons (Fsp3) is 0.500. The van der Waals surface area contributed by atoms with E-state index in [0.717, 1.165) is 5.56 Å². The van der Waals surface area contributed by atoms with Crippen LogP contribution in [-0.4, -0.2) is 79.5 Å². The first-order valence-corrected chi connectivity index (χ1v) is 14.8. The first-order chi connectivity index (χ1) is 20.6. The van der Waals surface area contributed by atoms with Crippen molar-refractivity contribution in [2.45, 2.75) is 70.3 Å². The highest BCUT2D eigenvalue weighted by atomic mass is 16.5. The standard InChI is InChI=1S/C32H43N5O6/c1-19(2)27(36-29(38)20(3)33-4)32(41)37-16-14-26-28(37)31(40)35-24(17-21-9-7-6-8-10-21)30(39)34-15-13-22-18-23(43-26)11-12-25(22)42-5/h6-13,15,19-20,22,24,26-28,33H,14,16-18H2,1-5H3,(H,34,39)(H,35,40)(H,36,38)/b15-13-. The number of nitrogens with one attached hydrogen (secondary N) is 4. The summed E-state index contributed by atoms with van der Waals surface area (Å²) in [5.74, 6) is -0.617. The van der Waals surface area contributed by atoms with Gasteiger partial charge in [-0.2, -0.15) is 0 Å². The third-order valence-corrected chi connectivity index (χ3v) is 8.18. The molecule has 6 unspecified atom stereocenters. The number of fused-ring (bicyclic) bond motifs is 3. The Morgan fingerprint density at radius 2 is 1.86 bits per heavy atom. The number of ether oxygens (including phenoxy) is 2. The molecule has 4 rings (SSSR count). The average molecular weight is 594 g/mol. The van der Waals surface area contributed by atoms with Crippen LogP contribution in [0.15, 0.2) is 66.3 Å². The number of methoxy groups -OCH3 is 1. The summed E-state index contributed by atoms with van der Waals surface area (Å²) >= 11 is 0. The van der Waals surface area contributed by atoms with Crippen LogP contribution in [0.2, 0.25) is 0 Å². The first-order valence-electron chi connectivity index (χ1n) is 14.8. The Morgan fingerprint density at radius 1 is 1.12 bits per heavy atom. The minimum absolute atomic E-state index is 0.186. The number of nitrogens with zero attached hydrogens (tertiary/aromatic N) is 1. The normalized spacial score (nSPS) is 26.0. The lowest BCUT2D eigenvalue weighted by molar-refractivity contribution is -0.145. The van der Waals surface area contributed by atoms with Crippen molar-refractivity contribution < 1.29 is 28.7 Å². The monoisotopic (exact) mass is 593 g/mol. The van der Waals surface area contributed by atoms with Crippen LogP contribution in [0.5, 0.6) is 0 Å². The molecule has 11 nitrogen and oxygen atoms in total. The van der Waals surface area contributed by atoms with Gasteiger partial charge in [0.2, 0.25) is 23.6 Å². The van der Waals surface area contributed by atoms with Gasteiger partial charge in [-0.15, -0.1) is 0 Å². The van der Waals surface area contributed by atoms with Gasteiger partial charge in [-0.1, -0.05) is 50.3 Å². The largest absolute Gasteiger partial charge is 0.500 e. The lowest BCUT2D eigenvalue weighted by Crippen LogP contribution is -2.60. The van der Waals surface area contributed by atoms with E-state index in [2.05, 4.69) is 21.3 Å². The van der Waals surface area contributed by atoms with E-state index in [-0.39, 0.29) is 42.5 Å². The Hall–Kier alpha value is -4.12. The van der Waals surface area contributed by atoms with Gasteiger partial charge < -0.3 is 35.6 Å². The number of likely N-dealkylation sites (N-methyl/N-ethyl adjacent to an activating group) is 1. The molecule has 232 valence electrons. The molecule has 1 aromatic rings. The van der Waals surface area contributed by atoms with Gasteiger partial charge in [-0.05, 0) is 37.6 Å². The number of rotatable bonds is 8. The molecule has 2 aliphatic heterocycles. The molecule has 1 saturated heterocycles. The second-order valence-corrected chi connectivity index (χ2v) is 11.5. The zero-order chi connectivity index (χ0) is 31.1. The summed E-state index contributed by atoms with van der Waals surface area (Å²) in [6.07, 6.45) is 7.51. The Balaban J connectivity index is 1.69. The van der Waals surface area contributed by atoms with Crippen molar-refractivity contribution >= 4 is 23.6 Å². The number of amides is 4. The predicted molar refractivity (Wildman–Crippen MR) is 161 cm³/mol. The highest BCUT2D eigenvalue weighted by Gasteiger charge is 2.47. The topological polar surface area (TPSA) is 138 Å². The van der Waals surface area contributed by atoms with Crippen molar-refractivity contribution in [2.75, 3.05) is 20.7 Å². The van der Waals surface area contributed by atoms with Crippen LogP contribution < -0.4 is 21.3 Å². The molecule has 1 aliphatic carbocycles. The second kappa shape index (κ2) is 14.4. The summed E-state index contributed by atoms with van der Waals surface area (Å²) < 4.78 is 12.0. The number of hydrogen-bond donors (Lipinski definition) is 4. The highest BCUT2D eigenvalue weighted by molar-refractivity contribution is 5.96. The van der Waals surface area contributed by atoms with Crippen molar-refractivity contribution in [3.8, 4) is 0 Å². The van der Waals surface area contributed by atoms with E-state index in [4.69, 9.17) is 9.47 Å². The molecule has 0 radical (unpaired) electrons. The van der Waals surface area contributed by atoms with Crippen molar-refractivity contribution in [1.82, 2.24) is 26.2 Å². The van der Waals surface area contributed by atoms with Gasteiger partial charge in [0, 0.05) is 37.9 Å². The Bertz CT molecular complexity index is 1280. The molecule has 11 heteroatoms. The van der Waals surface area contributed by atoms with E-state index in [0.29, 0.717) is 24.4 Å². The van der Waals surface area contributed by atoms with Gasteiger partial charge in [0.1, 0.15) is 30.0 Å². The third-order valence-electron chi connectivity index (χ3n) is 8.18. The molecule has 4 amide bonds. The zero-order valence-electron chi connectivity index (χ0n) is 25.5. The molecule has 0 aromatic heterocycles. The van der Waals surface area contributed by atoms with Gasteiger partial charge in [-0.3, -0.25) is 19.2 Å². The van der Waals surface area contributed by atoms with Gasteiger partial charge >= 0.3 is 0 Å². The Labute approximate surface area is 253 Å². The van der Waals surface area contributed by atoms with E-state index < -0.39 is 36.2 Å². The quantitative estimate of drug-likeness (QED) is 0.359. The zero-order valence-corrected chi connectivity index (χ0v) is 25.5. The van der Waals surface area contributed by atoms with Crippen LogP contribution in [0.1, 0.15) is 39.2 Å². The van der Waals surface area contributed by atoms with Crippen molar-refractivity contribution in [3.63, 3.8) is 0 Å². The predicted octanol–water partition coefficient (Wildman–Crippen LogP) is 1.53. The van der Waals surface area contributed by atoms with Crippen LogP contribution in [0.25, 0.3) is 0 Å². The van der Waals surface area contributed by atoms with Gasteiger partial charge in [-0.25, -0.2) is 0 Å². The van der Waals surface area contributed by atoms with Crippen LogP contribution in [0.3, 0.4) is 0 Å². The first kappa shape index (κ1) is 31.8. The lowest BCUT2D eigenvalue weighted by atomic mass is 9.96. The third kappa shape index (κ3) is 7.64. The fourth-order valence-corrected chi connectivity index (χ4v) is 5.56. The molecule has 3 aliphatic rings. The number of allylic oxidation sites excluding steroid dienone is 4. The van der Waals surface area contributed by atoms with Gasteiger partial charge in [0.25, 0.3) is 0 Å². The summed E-state index contributed by atoms with van der Waals surface area (Å²) in [5.41, 5.74) is 0.871. The molecule has 2 heterocycles. The Morgan fingerprint density at radius 3 is 2.53 bits per heavy atom. The lowest BCUT2D eigenvalue weighted by Gasteiger charge is -2.33. The van der Waals surface area contributed by atoms with E-state index in [1.54, 1.807) is 27.3 Å².